The molecule has 0 amide bonds. The maximum Gasteiger partial charge on any atom is 0.253 e. The number of nitrogens with one attached hydrogen (secondary N) is 1. The van der Waals surface area contributed by atoms with Gasteiger partial charge >= 0.3 is 0 Å². The number of H-pyrrole nitrogens is 1. The molecule has 0 saturated heterocycles. The van der Waals surface area contributed by atoms with Crippen molar-refractivity contribution in [1.29, 1.82) is 0 Å². The van der Waals surface area contributed by atoms with Crippen molar-refractivity contribution in [3.05, 3.63) is 45.7 Å². The number of fused-ring (bicyclic) bond motifs is 1. The van der Waals surface area contributed by atoms with E-state index in [0.717, 1.165) is 17.3 Å². The summed E-state index contributed by atoms with van der Waals surface area (Å²) in [6, 6.07) is 7.67. The predicted molar refractivity (Wildman–Crippen MR) is 59.9 cm³/mol. The highest BCUT2D eigenvalue weighted by atomic mass is 16.3. The average molecular weight is 203 g/mol. The molecule has 78 valence electrons. The molecule has 0 bridgehead atoms. The number of aryl methyl sites for hydroxylation is 1. The molecule has 2 N–H and O–H groups in total. The van der Waals surface area contributed by atoms with Gasteiger partial charge in [-0.1, -0.05) is 13.0 Å². The van der Waals surface area contributed by atoms with Gasteiger partial charge in [0.25, 0.3) is 5.56 Å². The van der Waals surface area contributed by atoms with Crippen LogP contribution < -0.4 is 5.56 Å². The summed E-state index contributed by atoms with van der Waals surface area (Å²) in [4.78, 5) is 14.1. The molecule has 2 aromatic rings. The number of pyridine rings is 1. The fraction of sp³-hybridized carbons (Fsp3) is 0.250. The van der Waals surface area contributed by atoms with Crippen LogP contribution in [0.3, 0.4) is 0 Å². The number of hydrogen-bond acceptors (Lipinski definition) is 2. The molecule has 0 fully saturated rings. The van der Waals surface area contributed by atoms with E-state index in [1.165, 1.54) is 5.56 Å². The van der Waals surface area contributed by atoms with Gasteiger partial charge in [0.1, 0.15) is 0 Å². The van der Waals surface area contributed by atoms with Gasteiger partial charge in [-0.05, 0) is 35.6 Å². The third-order valence-corrected chi connectivity index (χ3v) is 2.56. The van der Waals surface area contributed by atoms with Crippen LogP contribution in [-0.2, 0) is 13.0 Å². The highest BCUT2D eigenvalue weighted by Crippen LogP contribution is 2.14. The van der Waals surface area contributed by atoms with Crippen molar-refractivity contribution < 1.29 is 5.11 Å². The van der Waals surface area contributed by atoms with Crippen molar-refractivity contribution in [1.82, 2.24) is 4.98 Å². The lowest BCUT2D eigenvalue weighted by Crippen LogP contribution is -2.11. The number of benzene rings is 1. The van der Waals surface area contributed by atoms with Crippen LogP contribution >= 0.6 is 0 Å². The maximum absolute atomic E-state index is 11.4. The van der Waals surface area contributed by atoms with Crippen LogP contribution in [-0.4, -0.2) is 10.1 Å². The summed E-state index contributed by atoms with van der Waals surface area (Å²) in [5.41, 5.74) is 2.23. The van der Waals surface area contributed by atoms with Gasteiger partial charge in [-0.15, -0.1) is 0 Å². The molecule has 0 aliphatic rings. The summed E-state index contributed by atoms with van der Waals surface area (Å²) in [7, 11) is 0. The van der Waals surface area contributed by atoms with Crippen LogP contribution in [0.2, 0.25) is 0 Å². The minimum Gasteiger partial charge on any atom is -0.391 e. The second kappa shape index (κ2) is 3.87. The lowest BCUT2D eigenvalue weighted by Gasteiger charge is -2.02. The first-order valence-electron chi connectivity index (χ1n) is 5.00. The molecular formula is C12H13NO2. The first kappa shape index (κ1) is 9.93. The lowest BCUT2D eigenvalue weighted by atomic mass is 10.1. The van der Waals surface area contributed by atoms with Crippen molar-refractivity contribution >= 4 is 10.9 Å². The van der Waals surface area contributed by atoms with Crippen molar-refractivity contribution in [3.8, 4) is 0 Å². The molecule has 0 saturated carbocycles. The van der Waals surface area contributed by atoms with E-state index < -0.39 is 0 Å². The molecule has 0 aliphatic carbocycles. The molecule has 3 heteroatoms. The van der Waals surface area contributed by atoms with Gasteiger partial charge in [0, 0.05) is 11.1 Å². The largest absolute Gasteiger partial charge is 0.391 e. The summed E-state index contributed by atoms with van der Waals surface area (Å²) in [5, 5.41) is 9.95. The molecule has 0 spiro atoms. The van der Waals surface area contributed by atoms with Crippen LogP contribution in [0.15, 0.2) is 29.1 Å². The molecule has 15 heavy (non-hydrogen) atoms. The zero-order chi connectivity index (χ0) is 10.8. The van der Waals surface area contributed by atoms with Crippen LogP contribution in [0.4, 0.5) is 0 Å². The minimum atomic E-state index is -0.221. The van der Waals surface area contributed by atoms with E-state index in [9.17, 15) is 4.79 Å². The minimum absolute atomic E-state index is 0.214. The van der Waals surface area contributed by atoms with Gasteiger partial charge in [0.2, 0.25) is 0 Å². The summed E-state index contributed by atoms with van der Waals surface area (Å²) in [5.74, 6) is 0. The molecule has 0 radical (unpaired) electrons. The quantitative estimate of drug-likeness (QED) is 0.778. The Bertz CT molecular complexity index is 543. The van der Waals surface area contributed by atoms with E-state index in [1.54, 1.807) is 6.07 Å². The van der Waals surface area contributed by atoms with Crippen molar-refractivity contribution in [2.45, 2.75) is 20.0 Å². The average Bonchev–Trinajstić information content (AvgIpc) is 2.27. The highest BCUT2D eigenvalue weighted by Gasteiger charge is 2.01. The van der Waals surface area contributed by atoms with Crippen LogP contribution in [0.25, 0.3) is 10.9 Å². The lowest BCUT2D eigenvalue weighted by molar-refractivity contribution is 0.280. The standard InChI is InChI=1S/C12H13NO2/c1-2-8-3-4-11-9(5-8)6-10(7-14)12(15)13-11/h3-6,14H,2,7H2,1H3,(H,13,15). The zero-order valence-electron chi connectivity index (χ0n) is 8.58. The van der Waals surface area contributed by atoms with Crippen molar-refractivity contribution in [2.75, 3.05) is 0 Å². The van der Waals surface area contributed by atoms with E-state index in [2.05, 4.69) is 11.9 Å². The van der Waals surface area contributed by atoms with E-state index in [1.807, 2.05) is 18.2 Å². The second-order valence-electron chi connectivity index (χ2n) is 3.56. The molecule has 1 aromatic carbocycles. The number of hydrogen-bond donors (Lipinski definition) is 2. The first-order chi connectivity index (χ1) is 7.24. The number of rotatable bonds is 2. The third-order valence-electron chi connectivity index (χ3n) is 2.56. The van der Waals surface area contributed by atoms with Crippen molar-refractivity contribution in [3.63, 3.8) is 0 Å². The van der Waals surface area contributed by atoms with Gasteiger partial charge in [-0.3, -0.25) is 4.79 Å². The van der Waals surface area contributed by atoms with E-state index >= 15 is 0 Å². The number of aliphatic hydroxyl groups is 1. The molecular weight excluding hydrogens is 190 g/mol. The number of aromatic amines is 1. The Morgan fingerprint density at radius 3 is 2.80 bits per heavy atom. The predicted octanol–water partition coefficient (Wildman–Crippen LogP) is 1.58. The van der Waals surface area contributed by atoms with Crippen LogP contribution in [0.1, 0.15) is 18.1 Å². The second-order valence-corrected chi connectivity index (χ2v) is 3.56. The molecule has 1 aromatic heterocycles. The monoisotopic (exact) mass is 203 g/mol. The van der Waals surface area contributed by atoms with E-state index in [0.29, 0.717) is 5.56 Å². The van der Waals surface area contributed by atoms with Crippen LogP contribution in [0.5, 0.6) is 0 Å². The van der Waals surface area contributed by atoms with Gasteiger partial charge in [0.05, 0.1) is 6.61 Å². The summed E-state index contributed by atoms with van der Waals surface area (Å²) in [6.07, 6.45) is 0.962. The SMILES string of the molecule is CCc1ccc2[nH]c(=O)c(CO)cc2c1. The fourth-order valence-corrected chi connectivity index (χ4v) is 1.64. The Balaban J connectivity index is 2.71. The molecule has 0 aliphatic heterocycles. The van der Waals surface area contributed by atoms with Gasteiger partial charge in [0.15, 0.2) is 0 Å². The summed E-state index contributed by atoms with van der Waals surface area (Å²) < 4.78 is 0. The Labute approximate surface area is 87.4 Å². The number of aromatic nitrogens is 1. The van der Waals surface area contributed by atoms with Gasteiger partial charge in [-0.25, -0.2) is 0 Å². The normalized spacial score (nSPS) is 10.8. The topological polar surface area (TPSA) is 53.1 Å². The van der Waals surface area contributed by atoms with E-state index in [-0.39, 0.29) is 12.2 Å². The smallest absolute Gasteiger partial charge is 0.253 e. The Kier molecular flexibility index (Phi) is 2.56. The van der Waals surface area contributed by atoms with Gasteiger partial charge < -0.3 is 10.1 Å². The molecule has 3 nitrogen and oxygen atoms in total. The fourth-order valence-electron chi connectivity index (χ4n) is 1.64. The van der Waals surface area contributed by atoms with Crippen molar-refractivity contribution in [2.24, 2.45) is 0 Å². The summed E-state index contributed by atoms with van der Waals surface area (Å²) in [6.45, 7) is 1.86. The molecule has 0 unspecified atom stereocenters. The molecule has 2 rings (SSSR count). The third kappa shape index (κ3) is 1.78. The summed E-state index contributed by atoms with van der Waals surface area (Å²) >= 11 is 0. The zero-order valence-corrected chi connectivity index (χ0v) is 8.58. The first-order valence-corrected chi connectivity index (χ1v) is 5.00. The highest BCUT2D eigenvalue weighted by molar-refractivity contribution is 5.79. The van der Waals surface area contributed by atoms with E-state index in [4.69, 9.17) is 5.11 Å². The van der Waals surface area contributed by atoms with Gasteiger partial charge in [-0.2, -0.15) is 0 Å². The maximum atomic E-state index is 11.4. The molecule has 1 heterocycles. The Hall–Kier alpha value is -1.61. The number of aliphatic hydroxyl groups excluding tert-OH is 1. The van der Waals surface area contributed by atoms with Crippen LogP contribution in [0, 0.1) is 0 Å². The Morgan fingerprint density at radius 2 is 2.13 bits per heavy atom. The Morgan fingerprint density at radius 1 is 1.33 bits per heavy atom. The molecule has 0 atom stereocenters.